The van der Waals surface area contributed by atoms with Crippen LogP contribution in [0.25, 0.3) is 0 Å². The molecule has 4 N–H and O–H groups in total. The summed E-state index contributed by atoms with van der Waals surface area (Å²) in [6.45, 7) is 4.33. The topological polar surface area (TPSA) is 112 Å². The van der Waals surface area contributed by atoms with E-state index in [9.17, 15) is 20.4 Å². The second-order valence-electron chi connectivity index (χ2n) is 11.6. The van der Waals surface area contributed by atoms with Crippen molar-refractivity contribution in [2.75, 3.05) is 41.0 Å². The SMILES string of the molecule is CCN1C[C@]2(COC)CC[C@H](O)[C@@]34[C@@H]5C[C@@H]6[C@H](O)[C@@H]5[C@@](O)([C@H]([C@@H](OC)[C@@H]23)[C@H]14)[C@@H](O)[C@H]6OC. The van der Waals surface area contributed by atoms with Gasteiger partial charge in [-0.25, -0.2) is 0 Å². The average molecular weight is 454 g/mol. The van der Waals surface area contributed by atoms with Gasteiger partial charge in [-0.2, -0.15) is 0 Å². The van der Waals surface area contributed by atoms with Crippen LogP contribution in [-0.2, 0) is 14.2 Å². The van der Waals surface area contributed by atoms with Crippen molar-refractivity contribution in [1.29, 1.82) is 0 Å². The van der Waals surface area contributed by atoms with Crippen LogP contribution < -0.4 is 0 Å². The summed E-state index contributed by atoms with van der Waals surface area (Å²) in [6.07, 6.45) is -1.22. The molecule has 32 heavy (non-hydrogen) atoms. The van der Waals surface area contributed by atoms with Crippen molar-refractivity contribution in [3.63, 3.8) is 0 Å². The molecule has 0 unspecified atom stereocenters. The summed E-state index contributed by atoms with van der Waals surface area (Å²) in [5.41, 5.74) is -2.24. The Bertz CT molecular complexity index is 783. The van der Waals surface area contributed by atoms with E-state index < -0.39 is 47.3 Å². The third-order valence-electron chi connectivity index (χ3n) is 11.2. The summed E-state index contributed by atoms with van der Waals surface area (Å²) in [6, 6.07) is -0.120. The number of nitrogens with zero attached hydrogens (tertiary/aromatic N) is 1. The lowest BCUT2D eigenvalue weighted by Crippen LogP contribution is -2.78. The van der Waals surface area contributed by atoms with E-state index >= 15 is 0 Å². The summed E-state index contributed by atoms with van der Waals surface area (Å²) >= 11 is 0. The minimum Gasteiger partial charge on any atom is -0.392 e. The predicted octanol–water partition coefficient (Wildman–Crippen LogP) is -0.527. The number of ether oxygens (including phenoxy) is 3. The van der Waals surface area contributed by atoms with Gasteiger partial charge in [0, 0.05) is 68.4 Å². The average Bonchev–Trinajstić information content (AvgIpc) is 3.19. The minimum absolute atomic E-state index is 0.000250. The largest absolute Gasteiger partial charge is 0.392 e. The minimum atomic E-state index is -1.54. The number of fused-ring (bicyclic) bond motifs is 2. The molecular weight excluding hydrogens is 414 g/mol. The van der Waals surface area contributed by atoms with Crippen molar-refractivity contribution >= 4 is 0 Å². The monoisotopic (exact) mass is 453 g/mol. The van der Waals surface area contributed by atoms with E-state index in [1.54, 1.807) is 21.3 Å². The second kappa shape index (κ2) is 6.88. The summed E-state index contributed by atoms with van der Waals surface area (Å²) in [5.74, 6) is -1.29. The van der Waals surface area contributed by atoms with Gasteiger partial charge in [0.25, 0.3) is 0 Å². The molecule has 5 saturated carbocycles. The van der Waals surface area contributed by atoms with Gasteiger partial charge >= 0.3 is 0 Å². The van der Waals surface area contributed by atoms with Crippen LogP contribution in [0.2, 0.25) is 0 Å². The zero-order valence-corrected chi connectivity index (χ0v) is 19.6. The number of hydrogen-bond donors (Lipinski definition) is 4. The van der Waals surface area contributed by atoms with Crippen LogP contribution in [0.5, 0.6) is 0 Å². The van der Waals surface area contributed by atoms with Gasteiger partial charge in [0.1, 0.15) is 11.7 Å². The zero-order valence-electron chi connectivity index (χ0n) is 19.6. The molecule has 8 nitrogen and oxygen atoms in total. The van der Waals surface area contributed by atoms with Gasteiger partial charge in [-0.05, 0) is 31.7 Å². The molecule has 182 valence electrons. The Morgan fingerprint density at radius 3 is 2.38 bits per heavy atom. The van der Waals surface area contributed by atoms with Crippen LogP contribution in [0, 0.1) is 40.4 Å². The van der Waals surface area contributed by atoms with Gasteiger partial charge in [0.05, 0.1) is 31.0 Å². The fraction of sp³-hybridized carbons (Fsp3) is 1.00. The Kier molecular flexibility index (Phi) is 4.76. The van der Waals surface area contributed by atoms with Gasteiger partial charge in [-0.1, -0.05) is 6.92 Å². The van der Waals surface area contributed by atoms with E-state index in [1.165, 1.54) is 0 Å². The summed E-state index contributed by atoms with van der Waals surface area (Å²) in [5, 5.41) is 47.3. The first-order valence-electron chi connectivity index (χ1n) is 12.3. The maximum atomic E-state index is 12.5. The number of likely N-dealkylation sites (tertiary alicyclic amines) is 1. The van der Waals surface area contributed by atoms with E-state index in [-0.39, 0.29) is 35.3 Å². The highest BCUT2D eigenvalue weighted by Gasteiger charge is 2.87. The van der Waals surface area contributed by atoms with E-state index in [0.717, 1.165) is 19.5 Å². The quantitative estimate of drug-likeness (QED) is 0.440. The Morgan fingerprint density at radius 1 is 1.03 bits per heavy atom. The van der Waals surface area contributed by atoms with Gasteiger partial charge in [0.2, 0.25) is 0 Å². The lowest BCUT2D eigenvalue weighted by molar-refractivity contribution is -0.297. The summed E-state index contributed by atoms with van der Waals surface area (Å²) in [4.78, 5) is 2.42. The lowest BCUT2D eigenvalue weighted by atomic mass is 9.43. The number of aliphatic hydroxyl groups excluding tert-OH is 3. The van der Waals surface area contributed by atoms with Crippen LogP contribution in [0.1, 0.15) is 26.2 Å². The Balaban J connectivity index is 1.64. The number of rotatable bonds is 5. The summed E-state index contributed by atoms with van der Waals surface area (Å²) in [7, 11) is 4.98. The van der Waals surface area contributed by atoms with Crippen molar-refractivity contribution < 1.29 is 34.6 Å². The molecule has 8 heteroatoms. The lowest BCUT2D eigenvalue weighted by Gasteiger charge is -2.69. The van der Waals surface area contributed by atoms with Crippen molar-refractivity contribution in [3.8, 4) is 0 Å². The Morgan fingerprint density at radius 2 is 1.75 bits per heavy atom. The molecule has 0 radical (unpaired) electrons. The van der Waals surface area contributed by atoms with Crippen molar-refractivity contribution in [1.82, 2.24) is 4.90 Å². The Hall–Kier alpha value is -0.320. The number of piperidine rings is 1. The van der Waals surface area contributed by atoms with Crippen molar-refractivity contribution in [2.45, 2.75) is 68.3 Å². The van der Waals surface area contributed by atoms with E-state index in [1.807, 2.05) is 0 Å². The maximum absolute atomic E-state index is 12.5. The molecule has 0 aromatic rings. The molecule has 5 aliphatic carbocycles. The number of aliphatic hydroxyl groups is 4. The van der Waals surface area contributed by atoms with Crippen LogP contribution in [0.4, 0.5) is 0 Å². The van der Waals surface area contributed by atoms with Gasteiger partial charge in [-0.15, -0.1) is 0 Å². The molecule has 1 heterocycles. The molecule has 0 aromatic carbocycles. The highest BCUT2D eigenvalue weighted by atomic mass is 16.5. The molecule has 6 rings (SSSR count). The van der Waals surface area contributed by atoms with Gasteiger partial charge < -0.3 is 34.6 Å². The molecule has 6 aliphatic rings. The molecule has 14 atom stereocenters. The fourth-order valence-electron chi connectivity index (χ4n) is 10.7. The molecular formula is C24H39NO7. The standard InChI is InChI=1S/C24H39NO7/c1-5-25-9-22(10-30-2)7-6-13(26)23-12-8-11-16(27)14(12)24(29,21(28)17(11)31-3)15(20(23)25)18(32-4)19(22)23/h11-21,26-29H,5-10H2,1-4H3/t11-,12-,13+,14-,15-,16+,17+,18-,19+,20+,21+,22+,23+,24-/m1/s1. The van der Waals surface area contributed by atoms with Crippen LogP contribution in [-0.4, -0.2) is 109 Å². The van der Waals surface area contributed by atoms with Crippen molar-refractivity contribution in [2.24, 2.45) is 40.4 Å². The third-order valence-corrected chi connectivity index (χ3v) is 11.2. The predicted molar refractivity (Wildman–Crippen MR) is 114 cm³/mol. The first-order valence-corrected chi connectivity index (χ1v) is 12.3. The molecule has 7 bridgehead atoms. The van der Waals surface area contributed by atoms with E-state index in [2.05, 4.69) is 11.8 Å². The van der Waals surface area contributed by atoms with E-state index in [4.69, 9.17) is 14.2 Å². The van der Waals surface area contributed by atoms with E-state index in [0.29, 0.717) is 19.4 Å². The highest BCUT2D eigenvalue weighted by Crippen LogP contribution is 2.79. The Labute approximate surface area is 189 Å². The van der Waals surface area contributed by atoms with Crippen LogP contribution >= 0.6 is 0 Å². The third kappa shape index (κ3) is 2.07. The fourth-order valence-corrected chi connectivity index (χ4v) is 10.7. The molecule has 0 aromatic heterocycles. The second-order valence-corrected chi connectivity index (χ2v) is 11.6. The first-order chi connectivity index (χ1) is 15.3. The molecule has 1 saturated heterocycles. The molecule has 6 fully saturated rings. The van der Waals surface area contributed by atoms with Gasteiger partial charge in [0.15, 0.2) is 0 Å². The van der Waals surface area contributed by atoms with Crippen LogP contribution in [0.15, 0.2) is 0 Å². The zero-order chi connectivity index (χ0) is 22.8. The molecule has 1 spiro atoms. The first kappa shape index (κ1) is 22.2. The molecule has 1 aliphatic heterocycles. The smallest absolute Gasteiger partial charge is 0.110 e. The van der Waals surface area contributed by atoms with Crippen LogP contribution in [0.3, 0.4) is 0 Å². The number of hydrogen-bond acceptors (Lipinski definition) is 8. The highest BCUT2D eigenvalue weighted by molar-refractivity contribution is 5.36. The summed E-state index contributed by atoms with van der Waals surface area (Å²) < 4.78 is 17.7. The van der Waals surface area contributed by atoms with Gasteiger partial charge in [-0.3, -0.25) is 4.90 Å². The normalized spacial score (nSPS) is 62.4. The number of methoxy groups -OCH3 is 3. The maximum Gasteiger partial charge on any atom is 0.110 e. The van der Waals surface area contributed by atoms with Crippen molar-refractivity contribution in [3.05, 3.63) is 0 Å². The molecule has 0 amide bonds.